The van der Waals surface area contributed by atoms with Gasteiger partial charge in [-0.1, -0.05) is 0 Å². The van der Waals surface area contributed by atoms with Gasteiger partial charge in [-0.3, -0.25) is 5.32 Å². The van der Waals surface area contributed by atoms with Crippen LogP contribution in [0, 0.1) is 0 Å². The number of carbonyl (C=O) groups excluding carboxylic acids is 1. The van der Waals surface area contributed by atoms with E-state index in [2.05, 4.69) is 17.2 Å². The first kappa shape index (κ1) is 11.2. The quantitative estimate of drug-likeness (QED) is 0.656. The van der Waals surface area contributed by atoms with E-state index < -0.39 is 0 Å². The Hall–Kier alpha value is -1.88. The number of pyridine rings is 1. The molecule has 0 radical (unpaired) electrons. The number of rotatable bonds is 4. The minimum absolute atomic E-state index is 0.166. The lowest BCUT2D eigenvalue weighted by atomic mass is 10.3. The molecule has 5 nitrogen and oxygen atoms in total. The van der Waals surface area contributed by atoms with E-state index in [1.54, 1.807) is 28.9 Å². The number of aromatic nitrogens is 2. The van der Waals surface area contributed by atoms with Gasteiger partial charge in [0, 0.05) is 24.1 Å². The lowest BCUT2D eigenvalue weighted by Crippen LogP contribution is -2.31. The van der Waals surface area contributed by atoms with Crippen molar-refractivity contribution in [2.45, 2.75) is 25.3 Å². The Kier molecular flexibility index (Phi) is 2.56. The van der Waals surface area contributed by atoms with Gasteiger partial charge < -0.3 is 9.14 Å². The zero-order valence-electron chi connectivity index (χ0n) is 10.2. The zero-order chi connectivity index (χ0) is 12.6. The third-order valence-electron chi connectivity index (χ3n) is 3.34. The minimum Gasteiger partial charge on any atom is -0.446 e. The van der Waals surface area contributed by atoms with Crippen molar-refractivity contribution < 1.29 is 9.53 Å². The zero-order valence-corrected chi connectivity index (χ0v) is 10.2. The average Bonchev–Trinajstić information content (AvgIpc) is 2.92. The topological polar surface area (TPSA) is 55.6 Å². The van der Waals surface area contributed by atoms with Crippen LogP contribution in [-0.2, 0) is 4.74 Å². The molecule has 0 bridgehead atoms. The first-order valence-corrected chi connectivity index (χ1v) is 6.02. The van der Waals surface area contributed by atoms with Gasteiger partial charge in [0.05, 0.1) is 0 Å². The van der Waals surface area contributed by atoms with Crippen LogP contribution in [0.25, 0.3) is 5.65 Å². The molecule has 18 heavy (non-hydrogen) atoms. The number of imidazole rings is 1. The van der Waals surface area contributed by atoms with Gasteiger partial charge in [0.2, 0.25) is 0 Å². The maximum Gasteiger partial charge on any atom is 0.343 e. The van der Waals surface area contributed by atoms with E-state index in [0.29, 0.717) is 11.2 Å². The number of esters is 1. The molecule has 1 N–H and O–H groups in total. The molecule has 94 valence electrons. The Labute approximate surface area is 105 Å². The molecule has 1 fully saturated rings. The highest BCUT2D eigenvalue weighted by Crippen LogP contribution is 2.33. The molecule has 2 aromatic rings. The first-order chi connectivity index (χ1) is 8.68. The highest BCUT2D eigenvalue weighted by Gasteiger charge is 2.36. The summed E-state index contributed by atoms with van der Waals surface area (Å²) in [6.07, 6.45) is 7.59. The average molecular weight is 245 g/mol. The summed E-state index contributed by atoms with van der Waals surface area (Å²) in [5.74, 6) is -0.344. The van der Waals surface area contributed by atoms with Crippen molar-refractivity contribution in [3.8, 4) is 0 Å². The van der Waals surface area contributed by atoms with Gasteiger partial charge >= 0.3 is 5.97 Å². The number of fused-ring (bicyclic) bond motifs is 1. The van der Waals surface area contributed by atoms with E-state index in [1.165, 1.54) is 0 Å². The molecule has 5 heteroatoms. The summed E-state index contributed by atoms with van der Waals surface area (Å²) in [6, 6.07) is 3.53. The summed E-state index contributed by atoms with van der Waals surface area (Å²) >= 11 is 0. The molecule has 1 saturated carbocycles. The molecular weight excluding hydrogens is 230 g/mol. The van der Waals surface area contributed by atoms with Gasteiger partial charge in [0.15, 0.2) is 5.65 Å². The summed E-state index contributed by atoms with van der Waals surface area (Å²) in [7, 11) is 0. The maximum absolute atomic E-state index is 11.9. The highest BCUT2D eigenvalue weighted by molar-refractivity contribution is 5.95. The molecule has 1 aliphatic rings. The van der Waals surface area contributed by atoms with Crippen LogP contribution in [0.15, 0.2) is 30.7 Å². The van der Waals surface area contributed by atoms with E-state index >= 15 is 0 Å². The monoisotopic (exact) mass is 245 g/mol. The number of hydrogen-bond acceptors (Lipinski definition) is 4. The van der Waals surface area contributed by atoms with E-state index in [1.807, 2.05) is 6.20 Å². The Bertz CT molecular complexity index is 587. The normalized spacial score (nSPS) is 16.7. The summed E-state index contributed by atoms with van der Waals surface area (Å²) in [6.45, 7) is 2.37. The fourth-order valence-corrected chi connectivity index (χ4v) is 1.83. The summed E-state index contributed by atoms with van der Waals surface area (Å²) in [5, 5.41) is 3.21. The Morgan fingerprint density at radius 1 is 1.56 bits per heavy atom. The Morgan fingerprint density at radius 3 is 3.17 bits per heavy atom. The van der Waals surface area contributed by atoms with Crippen molar-refractivity contribution in [2.75, 3.05) is 6.73 Å². The molecule has 0 atom stereocenters. The van der Waals surface area contributed by atoms with Crippen molar-refractivity contribution in [1.82, 2.24) is 14.7 Å². The third kappa shape index (κ3) is 2.09. The number of nitrogens with one attached hydrogen (secondary N) is 1. The van der Waals surface area contributed by atoms with Crippen molar-refractivity contribution in [2.24, 2.45) is 0 Å². The second-order valence-electron chi connectivity index (χ2n) is 4.89. The number of ether oxygens (including phenoxy) is 1. The number of hydrogen-bond donors (Lipinski definition) is 1. The summed E-state index contributed by atoms with van der Waals surface area (Å²) < 4.78 is 7.02. The third-order valence-corrected chi connectivity index (χ3v) is 3.34. The van der Waals surface area contributed by atoms with Gasteiger partial charge in [-0.2, -0.15) is 0 Å². The van der Waals surface area contributed by atoms with Gasteiger partial charge in [0.1, 0.15) is 12.3 Å². The fraction of sp³-hybridized carbons (Fsp3) is 0.385. The number of carbonyl (C=O) groups is 1. The van der Waals surface area contributed by atoms with Gasteiger partial charge in [-0.25, -0.2) is 9.78 Å². The summed E-state index contributed by atoms with van der Waals surface area (Å²) in [4.78, 5) is 16.1. The second-order valence-corrected chi connectivity index (χ2v) is 4.89. The minimum atomic E-state index is -0.344. The lowest BCUT2D eigenvalue weighted by molar-refractivity contribution is 0.0457. The van der Waals surface area contributed by atoms with E-state index in [0.717, 1.165) is 12.8 Å². The van der Waals surface area contributed by atoms with Crippen LogP contribution in [0.2, 0.25) is 0 Å². The standard InChI is InChI=1S/C13H15N3O2/c1-13(4-5-13)15-9-18-12(17)10-3-2-7-16-8-6-14-11(10)16/h2-3,6-8,15H,4-5,9H2,1H3. The second kappa shape index (κ2) is 4.10. The van der Waals surface area contributed by atoms with Crippen LogP contribution in [0.1, 0.15) is 30.1 Å². The van der Waals surface area contributed by atoms with Gasteiger partial charge in [-0.05, 0) is 31.9 Å². The van der Waals surface area contributed by atoms with Crippen molar-refractivity contribution in [3.05, 3.63) is 36.3 Å². The Balaban J connectivity index is 1.69. The smallest absolute Gasteiger partial charge is 0.343 e. The van der Waals surface area contributed by atoms with Crippen LogP contribution in [-0.4, -0.2) is 27.6 Å². The molecule has 3 rings (SSSR count). The van der Waals surface area contributed by atoms with Gasteiger partial charge in [0.25, 0.3) is 0 Å². The lowest BCUT2D eigenvalue weighted by Gasteiger charge is -2.11. The fourth-order valence-electron chi connectivity index (χ4n) is 1.83. The van der Waals surface area contributed by atoms with Crippen LogP contribution in [0.4, 0.5) is 0 Å². The van der Waals surface area contributed by atoms with Gasteiger partial charge in [-0.15, -0.1) is 0 Å². The molecule has 0 spiro atoms. The molecule has 0 aromatic carbocycles. The molecular formula is C13H15N3O2. The van der Waals surface area contributed by atoms with E-state index in [9.17, 15) is 4.79 Å². The van der Waals surface area contributed by atoms with Crippen molar-refractivity contribution in [1.29, 1.82) is 0 Å². The summed E-state index contributed by atoms with van der Waals surface area (Å²) in [5.41, 5.74) is 1.28. The van der Waals surface area contributed by atoms with E-state index in [-0.39, 0.29) is 18.2 Å². The molecule has 2 heterocycles. The molecule has 0 aliphatic heterocycles. The van der Waals surface area contributed by atoms with Crippen LogP contribution in [0.3, 0.4) is 0 Å². The van der Waals surface area contributed by atoms with Crippen molar-refractivity contribution >= 4 is 11.6 Å². The predicted octanol–water partition coefficient (Wildman–Crippen LogP) is 1.59. The maximum atomic E-state index is 11.9. The molecule has 0 unspecified atom stereocenters. The molecule has 2 aromatic heterocycles. The number of nitrogens with zero attached hydrogens (tertiary/aromatic N) is 2. The van der Waals surface area contributed by atoms with Crippen LogP contribution < -0.4 is 5.32 Å². The largest absolute Gasteiger partial charge is 0.446 e. The predicted molar refractivity (Wildman–Crippen MR) is 66.2 cm³/mol. The SMILES string of the molecule is CC1(NCOC(=O)c2cccn3ccnc23)CC1. The molecule has 1 aliphatic carbocycles. The molecule has 0 amide bonds. The van der Waals surface area contributed by atoms with E-state index in [4.69, 9.17) is 4.74 Å². The molecule has 0 saturated heterocycles. The van der Waals surface area contributed by atoms with Crippen molar-refractivity contribution in [3.63, 3.8) is 0 Å². The Morgan fingerprint density at radius 2 is 2.39 bits per heavy atom. The van der Waals surface area contributed by atoms with Crippen LogP contribution in [0.5, 0.6) is 0 Å². The first-order valence-electron chi connectivity index (χ1n) is 6.02. The van der Waals surface area contributed by atoms with Crippen LogP contribution >= 0.6 is 0 Å². The highest BCUT2D eigenvalue weighted by atomic mass is 16.5.